The molecule has 0 bridgehead atoms. The van der Waals surface area contributed by atoms with Crippen LogP contribution in [0.1, 0.15) is 32.6 Å². The number of halogens is 2. The zero-order valence-corrected chi connectivity index (χ0v) is 22.5. The molecule has 192 valence electrons. The van der Waals surface area contributed by atoms with Gasteiger partial charge in [0.05, 0.1) is 52.8 Å². The summed E-state index contributed by atoms with van der Waals surface area (Å²) in [6, 6.07) is 10.0. The first-order valence-corrected chi connectivity index (χ1v) is 13.1. The van der Waals surface area contributed by atoms with E-state index in [0.29, 0.717) is 69.3 Å². The maximum atomic E-state index is 12.7. The first-order chi connectivity index (χ1) is 17.4. The van der Waals surface area contributed by atoms with Crippen LogP contribution in [0.2, 0.25) is 5.02 Å². The quantitative estimate of drug-likeness (QED) is 0.192. The number of fused-ring (bicyclic) bond motifs is 1. The van der Waals surface area contributed by atoms with Crippen LogP contribution in [0.25, 0.3) is 22.3 Å². The van der Waals surface area contributed by atoms with Gasteiger partial charge < -0.3 is 23.4 Å². The molecule has 7 nitrogen and oxygen atoms in total. The first-order valence-electron chi connectivity index (χ1n) is 11.9. The van der Waals surface area contributed by atoms with E-state index in [-0.39, 0.29) is 30.0 Å². The Morgan fingerprint density at radius 2 is 1.94 bits per heavy atom. The van der Waals surface area contributed by atoms with Crippen molar-refractivity contribution < 1.29 is 28.2 Å². The maximum Gasteiger partial charge on any atom is 0.309 e. The van der Waals surface area contributed by atoms with E-state index in [2.05, 4.69) is 22.9 Å². The summed E-state index contributed by atoms with van der Waals surface area (Å²) >= 11 is 9.77. The maximum absolute atomic E-state index is 12.7. The molecule has 0 N–H and O–H groups in total. The van der Waals surface area contributed by atoms with Gasteiger partial charge in [0, 0.05) is 6.07 Å². The van der Waals surface area contributed by atoms with Gasteiger partial charge in [0.2, 0.25) is 0 Å². The van der Waals surface area contributed by atoms with Crippen molar-refractivity contribution in [3.63, 3.8) is 0 Å². The van der Waals surface area contributed by atoms with Crippen molar-refractivity contribution in [3.05, 3.63) is 56.1 Å². The van der Waals surface area contributed by atoms with Crippen LogP contribution in [-0.4, -0.2) is 39.0 Å². The lowest BCUT2D eigenvalue weighted by Gasteiger charge is -2.33. The normalized spacial score (nSPS) is 17.0. The average Bonchev–Trinajstić information content (AvgIpc) is 2.84. The predicted molar refractivity (Wildman–Crippen MR) is 141 cm³/mol. The zero-order valence-electron chi connectivity index (χ0n) is 20.2. The minimum absolute atomic E-state index is 0.0191. The van der Waals surface area contributed by atoms with Gasteiger partial charge in [0.1, 0.15) is 12.4 Å². The van der Waals surface area contributed by atoms with Crippen molar-refractivity contribution in [2.75, 3.05) is 26.9 Å². The molecule has 0 radical (unpaired) electrons. The average molecular weight is 580 g/mol. The molecule has 1 heterocycles. The summed E-state index contributed by atoms with van der Waals surface area (Å²) in [5.41, 5.74) is 0.664. The fourth-order valence-corrected chi connectivity index (χ4v) is 4.67. The third-order valence-corrected chi connectivity index (χ3v) is 7.02. The molecule has 0 aliphatic heterocycles. The van der Waals surface area contributed by atoms with E-state index < -0.39 is 0 Å². The molecule has 4 rings (SSSR count). The topological polar surface area (TPSA) is 84.2 Å². The van der Waals surface area contributed by atoms with Crippen molar-refractivity contribution in [2.24, 2.45) is 5.92 Å². The highest BCUT2D eigenvalue weighted by atomic mass is 79.9. The van der Waals surface area contributed by atoms with Gasteiger partial charge in [-0.15, -0.1) is 0 Å². The highest BCUT2D eigenvalue weighted by molar-refractivity contribution is 9.10. The van der Waals surface area contributed by atoms with Gasteiger partial charge in [-0.1, -0.05) is 31.0 Å². The van der Waals surface area contributed by atoms with Crippen molar-refractivity contribution in [1.82, 2.24) is 0 Å². The fraction of sp³-hybridized carbons (Fsp3) is 0.407. The number of ether oxygens (including phenoxy) is 4. The standard InChI is InChI=1S/C27H28BrClO7/c1-3-4-10-35-27(31)16-13-17(14-16)33-11-12-34-26-20(28)9-8-19(25(26)32-2)23-15-22(30)18-6-5-7-21(29)24(18)36-23/h5-9,15-17H,3-4,10-14H2,1-2H3. The Labute approximate surface area is 222 Å². The molecular formula is C27H28BrClO7. The molecule has 0 atom stereocenters. The number of esters is 1. The minimum Gasteiger partial charge on any atom is -0.492 e. The summed E-state index contributed by atoms with van der Waals surface area (Å²) in [6.45, 7) is 3.16. The molecule has 1 saturated carbocycles. The highest BCUT2D eigenvalue weighted by Crippen LogP contribution is 2.43. The Kier molecular flexibility index (Phi) is 8.93. The van der Waals surface area contributed by atoms with E-state index in [1.54, 1.807) is 30.3 Å². The number of benzene rings is 2. The number of unbranched alkanes of at least 4 members (excludes halogenated alkanes) is 1. The molecule has 1 aliphatic carbocycles. The van der Waals surface area contributed by atoms with E-state index in [9.17, 15) is 9.59 Å². The summed E-state index contributed by atoms with van der Waals surface area (Å²) in [7, 11) is 1.52. The Morgan fingerprint density at radius 3 is 2.69 bits per heavy atom. The van der Waals surface area contributed by atoms with E-state index in [1.165, 1.54) is 13.2 Å². The second-order valence-corrected chi connectivity index (χ2v) is 9.84. The van der Waals surface area contributed by atoms with Gasteiger partial charge >= 0.3 is 5.97 Å². The van der Waals surface area contributed by atoms with Gasteiger partial charge in [0.15, 0.2) is 22.5 Å². The molecule has 0 saturated heterocycles. The molecule has 1 aliphatic rings. The lowest BCUT2D eigenvalue weighted by molar-refractivity contribution is -0.158. The third kappa shape index (κ3) is 5.88. The van der Waals surface area contributed by atoms with Crippen molar-refractivity contribution >= 4 is 44.5 Å². The number of carbonyl (C=O) groups excluding carboxylic acids is 1. The van der Waals surface area contributed by atoms with Crippen molar-refractivity contribution in [1.29, 1.82) is 0 Å². The van der Waals surface area contributed by atoms with Gasteiger partial charge in [-0.05, 0) is 59.5 Å². The first kappa shape index (κ1) is 26.5. The number of carbonyl (C=O) groups is 1. The predicted octanol–water partition coefficient (Wildman–Crippen LogP) is 6.40. The van der Waals surface area contributed by atoms with Crippen LogP contribution >= 0.6 is 27.5 Å². The minimum atomic E-state index is -0.206. The SMILES string of the molecule is CCCCOC(=O)C1CC(OCCOc2c(Br)ccc(-c3cc(=O)c4cccc(Cl)c4o3)c2OC)C1. The number of rotatable bonds is 11. The summed E-state index contributed by atoms with van der Waals surface area (Å²) in [4.78, 5) is 24.6. The molecule has 0 spiro atoms. The van der Waals surface area contributed by atoms with Crippen LogP contribution in [0, 0.1) is 5.92 Å². The summed E-state index contributed by atoms with van der Waals surface area (Å²) in [5, 5.41) is 0.756. The van der Waals surface area contributed by atoms with Crippen LogP contribution in [0.4, 0.5) is 0 Å². The second kappa shape index (κ2) is 12.1. The number of para-hydroxylation sites is 1. The molecule has 36 heavy (non-hydrogen) atoms. The fourth-order valence-electron chi connectivity index (χ4n) is 4.03. The molecule has 0 amide bonds. The number of methoxy groups -OCH3 is 1. The van der Waals surface area contributed by atoms with Crippen LogP contribution < -0.4 is 14.9 Å². The van der Waals surface area contributed by atoms with Crippen molar-refractivity contribution in [2.45, 2.75) is 38.7 Å². The lowest BCUT2D eigenvalue weighted by Crippen LogP contribution is -2.38. The van der Waals surface area contributed by atoms with E-state index in [0.717, 1.165) is 12.8 Å². The Bertz CT molecular complexity index is 1280. The van der Waals surface area contributed by atoms with Crippen LogP contribution in [-0.2, 0) is 14.3 Å². The highest BCUT2D eigenvalue weighted by Gasteiger charge is 2.36. The van der Waals surface area contributed by atoms with E-state index in [1.807, 2.05) is 0 Å². The molecular weight excluding hydrogens is 552 g/mol. The Balaban J connectivity index is 1.40. The largest absolute Gasteiger partial charge is 0.492 e. The molecule has 3 aromatic rings. The molecule has 1 aromatic heterocycles. The Hall–Kier alpha value is -2.55. The summed E-state index contributed by atoms with van der Waals surface area (Å²) in [6.07, 6.45) is 3.23. The summed E-state index contributed by atoms with van der Waals surface area (Å²) < 4.78 is 29.4. The van der Waals surface area contributed by atoms with E-state index in [4.69, 9.17) is 35.0 Å². The van der Waals surface area contributed by atoms with Gasteiger partial charge in [0.25, 0.3) is 0 Å². The smallest absolute Gasteiger partial charge is 0.309 e. The molecule has 0 unspecified atom stereocenters. The van der Waals surface area contributed by atoms with Gasteiger partial charge in [-0.3, -0.25) is 9.59 Å². The lowest BCUT2D eigenvalue weighted by atomic mass is 9.82. The van der Waals surface area contributed by atoms with E-state index >= 15 is 0 Å². The number of hydrogen-bond acceptors (Lipinski definition) is 7. The third-order valence-electron chi connectivity index (χ3n) is 6.09. The van der Waals surface area contributed by atoms with Crippen LogP contribution in [0.3, 0.4) is 0 Å². The molecule has 2 aromatic carbocycles. The summed E-state index contributed by atoms with van der Waals surface area (Å²) in [5.74, 6) is 0.983. The van der Waals surface area contributed by atoms with Gasteiger partial charge in [-0.2, -0.15) is 0 Å². The van der Waals surface area contributed by atoms with Crippen molar-refractivity contribution in [3.8, 4) is 22.8 Å². The molecule has 1 fully saturated rings. The zero-order chi connectivity index (χ0) is 25.7. The Morgan fingerprint density at radius 1 is 1.14 bits per heavy atom. The van der Waals surface area contributed by atoms with Gasteiger partial charge in [-0.25, -0.2) is 0 Å². The van der Waals surface area contributed by atoms with Crippen LogP contribution in [0.5, 0.6) is 11.5 Å². The second-order valence-electron chi connectivity index (χ2n) is 8.58. The number of hydrogen-bond donors (Lipinski definition) is 0. The monoisotopic (exact) mass is 578 g/mol. The molecule has 9 heteroatoms. The van der Waals surface area contributed by atoms with Crippen LogP contribution in [0.15, 0.2) is 50.1 Å².